The molecular weight excluding hydrogens is 1470 g/mol. The van der Waals surface area contributed by atoms with Gasteiger partial charge in [-0.15, -0.1) is 15.2 Å². The summed E-state index contributed by atoms with van der Waals surface area (Å²) in [7, 11) is -1.34. The Kier molecular flexibility index (Phi) is 27.8. The molecule has 0 spiro atoms. The number of amides is 9. The molecule has 0 unspecified atom stereocenters. The van der Waals surface area contributed by atoms with E-state index in [4.69, 9.17) is 38.8 Å². The van der Waals surface area contributed by atoms with Crippen LogP contribution in [0.15, 0.2) is 150 Å². The van der Waals surface area contributed by atoms with Crippen molar-refractivity contribution < 1.29 is 81.9 Å². The van der Waals surface area contributed by atoms with E-state index in [1.807, 2.05) is 18.2 Å². The number of hydroxylamine groups is 6. The lowest BCUT2D eigenvalue weighted by molar-refractivity contribution is -0.174. The first-order chi connectivity index (χ1) is 53.0. The summed E-state index contributed by atoms with van der Waals surface area (Å²) in [5, 5.41) is 19.0. The zero-order valence-corrected chi connectivity index (χ0v) is 62.6. The Morgan fingerprint density at radius 3 is 0.899 bits per heavy atom. The lowest BCUT2D eigenvalue weighted by Gasteiger charge is -2.36. The molecule has 9 fully saturated rings. The van der Waals surface area contributed by atoms with Crippen LogP contribution in [0.5, 0.6) is 0 Å². The van der Waals surface area contributed by atoms with Crippen LogP contribution in [0, 0.1) is 0 Å². The molecule has 29 nitrogen and oxygen atoms in total. The highest BCUT2D eigenvalue weighted by Crippen LogP contribution is 2.34. The number of carbonyl (C=O) groups is 9. The van der Waals surface area contributed by atoms with Crippen LogP contribution in [-0.2, 0) is 77.1 Å². The van der Waals surface area contributed by atoms with E-state index in [9.17, 15) is 43.2 Å². The number of rotatable bonds is 15. The predicted molar refractivity (Wildman–Crippen MR) is 407 cm³/mol. The van der Waals surface area contributed by atoms with Crippen molar-refractivity contribution in [1.29, 1.82) is 0 Å². The normalized spacial score (nSPS) is 18.9. The van der Waals surface area contributed by atoms with Crippen LogP contribution in [0.25, 0.3) is 22.3 Å². The molecule has 0 bridgehead atoms. The van der Waals surface area contributed by atoms with Crippen LogP contribution in [0.2, 0.25) is 0 Å². The number of piperazine rings is 3. The van der Waals surface area contributed by atoms with E-state index < -0.39 is 60.8 Å². The summed E-state index contributed by atoms with van der Waals surface area (Å²) < 4.78 is 17.7. The van der Waals surface area contributed by atoms with Gasteiger partial charge in [-0.25, -0.2) is 14.4 Å². The number of benzene rings is 6. The van der Waals surface area contributed by atoms with Crippen molar-refractivity contribution in [3.05, 3.63) is 167 Å². The lowest BCUT2D eigenvalue weighted by atomic mass is 9.81. The number of hydrogen-bond acceptors (Lipinski definition) is 23. The molecule has 0 aromatic heterocycles. The third kappa shape index (κ3) is 21.4. The molecule has 9 heterocycles. The fourth-order valence-electron chi connectivity index (χ4n) is 14.0. The van der Waals surface area contributed by atoms with Crippen LogP contribution in [0.1, 0.15) is 55.2 Å². The second-order valence-corrected chi connectivity index (χ2v) is 28.3. The largest absolute Gasteiger partial charge is 0.488 e. The van der Waals surface area contributed by atoms with Gasteiger partial charge in [0.05, 0.1) is 39.6 Å². The van der Waals surface area contributed by atoms with E-state index in [2.05, 4.69) is 148 Å². The minimum Gasteiger partial charge on any atom is -0.423 e. The van der Waals surface area contributed by atoms with Gasteiger partial charge in [-0.05, 0) is 68.7 Å². The van der Waals surface area contributed by atoms with Crippen LogP contribution < -0.4 is 20.2 Å². The smallest absolute Gasteiger partial charge is 0.423 e. The summed E-state index contributed by atoms with van der Waals surface area (Å²) in [6.45, 7) is 18.8. The average molecular weight is 1560 g/mol. The van der Waals surface area contributed by atoms with Gasteiger partial charge in [0.2, 0.25) is 0 Å². The molecule has 31 heteroatoms. The predicted octanol–water partition coefficient (Wildman–Crippen LogP) is 5.99. The number of morpholine rings is 3. The summed E-state index contributed by atoms with van der Waals surface area (Å²) in [4.78, 5) is 141. The van der Waals surface area contributed by atoms with Gasteiger partial charge in [-0.3, -0.25) is 43.5 Å². The number of halogens is 1. The third-order valence-corrected chi connectivity index (χ3v) is 20.7. The highest BCUT2D eigenvalue weighted by molar-refractivity contribution is 9.10. The maximum Gasteiger partial charge on any atom is 0.488 e. The second-order valence-electron chi connectivity index (χ2n) is 27.4. The summed E-state index contributed by atoms with van der Waals surface area (Å²) in [5.74, 6) is -2.77. The van der Waals surface area contributed by atoms with Gasteiger partial charge in [-0.2, -0.15) is 0 Å². The van der Waals surface area contributed by atoms with Crippen LogP contribution >= 0.6 is 15.9 Å². The Morgan fingerprint density at radius 1 is 0.339 bits per heavy atom. The van der Waals surface area contributed by atoms with Crippen molar-refractivity contribution in [2.75, 3.05) is 172 Å². The summed E-state index contributed by atoms with van der Waals surface area (Å²) >= 11 is 3.57. The first kappa shape index (κ1) is 78.7. The number of anilines is 3. The highest BCUT2D eigenvalue weighted by Gasteiger charge is 2.39. The Balaban J connectivity index is 0.000000144. The molecule has 9 saturated heterocycles. The van der Waals surface area contributed by atoms with E-state index in [1.54, 1.807) is 39.0 Å². The Hall–Kier alpha value is -9.83. The van der Waals surface area contributed by atoms with E-state index in [-0.39, 0.29) is 38.5 Å². The van der Waals surface area contributed by atoms with Gasteiger partial charge in [0.15, 0.2) is 0 Å². The molecule has 2 N–H and O–H groups in total. The van der Waals surface area contributed by atoms with Gasteiger partial charge < -0.3 is 68.2 Å². The highest BCUT2D eigenvalue weighted by atomic mass is 79.9. The van der Waals surface area contributed by atoms with E-state index in [0.717, 1.165) is 103 Å². The van der Waals surface area contributed by atoms with Crippen molar-refractivity contribution >= 4 is 99.3 Å². The summed E-state index contributed by atoms with van der Waals surface area (Å²) in [6, 6.07) is 49.1. The first-order valence-corrected chi connectivity index (χ1v) is 38.0. The van der Waals surface area contributed by atoms with Crippen LogP contribution in [0.3, 0.4) is 0 Å². The molecule has 6 aromatic rings. The van der Waals surface area contributed by atoms with Crippen molar-refractivity contribution in [2.24, 2.45) is 0 Å². The van der Waals surface area contributed by atoms with E-state index in [1.165, 1.54) is 56.0 Å². The minimum atomic E-state index is -1.34. The van der Waals surface area contributed by atoms with E-state index in [0.29, 0.717) is 99.2 Å². The zero-order chi connectivity index (χ0) is 76.2. The summed E-state index contributed by atoms with van der Waals surface area (Å²) in [5.41, 5.74) is 12.7. The third-order valence-electron chi connectivity index (χ3n) is 20.2. The first-order valence-electron chi connectivity index (χ1n) is 37.2. The average Bonchev–Trinajstić information content (AvgIpc) is 1.73. The van der Waals surface area contributed by atoms with Gasteiger partial charge in [0.25, 0.3) is 35.4 Å². The maximum absolute atomic E-state index is 12.5. The van der Waals surface area contributed by atoms with Crippen molar-refractivity contribution in [3.63, 3.8) is 0 Å². The van der Waals surface area contributed by atoms with Crippen LogP contribution in [-0.4, -0.2) is 273 Å². The van der Waals surface area contributed by atoms with Gasteiger partial charge in [-0.1, -0.05) is 137 Å². The van der Waals surface area contributed by atoms with Gasteiger partial charge in [0, 0.05) is 197 Å². The van der Waals surface area contributed by atoms with Crippen molar-refractivity contribution in [3.8, 4) is 22.3 Å². The zero-order valence-electron chi connectivity index (χ0n) is 61.0. The lowest BCUT2D eigenvalue weighted by Crippen LogP contribution is -2.50. The molecule has 0 saturated carbocycles. The number of imide groups is 3. The van der Waals surface area contributed by atoms with Crippen molar-refractivity contribution in [1.82, 2.24) is 44.6 Å². The van der Waals surface area contributed by atoms with Crippen LogP contribution in [0.4, 0.5) is 31.4 Å². The molecule has 0 atom stereocenters. The van der Waals surface area contributed by atoms with Crippen molar-refractivity contribution in [2.45, 2.75) is 58.2 Å². The molecule has 576 valence electrons. The Morgan fingerprint density at radius 2 is 0.615 bits per heavy atom. The molecule has 15 rings (SSSR count). The molecule has 9 aliphatic rings. The SMILES string of the molecule is O=C(ON1C(=O)CCC1=O)N1CCN(Cc2ccc(-c3ccccc3)cc2N2CCOCC2)CC1.O=C(ON1C(=O)CCC1=O)N1CCN(Cc2ccc(-c3ccccc3)cc2N2CCOCC2)CC1.O=C(ON1C(=O)CCC1=O)N1CCN(Cc2ccc(Br)cc2N2CCOCC2)CC1.OB(O)c1ccccc1. The molecule has 9 amide bonds. The quantitative estimate of drug-likeness (QED) is 0.0882. The Labute approximate surface area is 641 Å². The molecular formula is C78H92BBrN12O17. The van der Waals surface area contributed by atoms with Gasteiger partial charge >= 0.3 is 25.4 Å². The second kappa shape index (κ2) is 38.5. The molecule has 9 aliphatic heterocycles. The fraction of sp³-hybridized carbons (Fsp3) is 0.423. The molecule has 0 aliphatic carbocycles. The van der Waals surface area contributed by atoms with Gasteiger partial charge in [0.1, 0.15) is 0 Å². The monoisotopic (exact) mass is 1560 g/mol. The number of nitrogens with zero attached hydrogens (tertiary/aromatic N) is 12. The maximum atomic E-state index is 12.5. The Bertz CT molecular complexity index is 3910. The topological polar surface area (TPSA) is 288 Å². The standard InChI is InChI=1S/2C26H30N4O5.C20H25BrN4O5.C6H7BO2/c2*31-24-8-9-25(32)30(24)35-26(33)29-12-10-27(11-13-29)19-22-7-6-21(20-4-2-1-3-5-20)18-23(22)28-14-16-34-17-15-28;21-16-2-1-15(17(13-16)23-9-11-29-12-10-23)14-22-5-7-24(8-6-22)20(28)30-25-18(26)3-4-19(25)27;8-7(9)6-4-2-1-3-5-6/h2*1-7,18H,8-17,19H2;1-2,13H,3-12,14H2;1-5,8-9H. The number of ether oxygens (including phenoxy) is 3. The number of hydrogen-bond donors (Lipinski definition) is 2. The number of carbonyl (C=O) groups excluding carboxylic acids is 9. The minimum absolute atomic E-state index is 0.0917. The molecule has 6 aromatic carbocycles. The molecule has 0 radical (unpaired) electrons. The molecule has 109 heavy (non-hydrogen) atoms. The summed E-state index contributed by atoms with van der Waals surface area (Å²) in [6.07, 6.45) is -1.37. The van der Waals surface area contributed by atoms with E-state index >= 15 is 0 Å². The fourth-order valence-corrected chi connectivity index (χ4v) is 14.3.